The van der Waals surface area contributed by atoms with Crippen molar-refractivity contribution in [3.63, 3.8) is 0 Å². The van der Waals surface area contributed by atoms with Gasteiger partial charge in [-0.2, -0.15) is 0 Å². The Balaban J connectivity index is 2.11. The fourth-order valence-electron chi connectivity index (χ4n) is 2.81. The lowest BCUT2D eigenvalue weighted by molar-refractivity contribution is -0.120. The molecule has 0 spiro atoms. The van der Waals surface area contributed by atoms with Crippen molar-refractivity contribution in [2.24, 2.45) is 0 Å². The van der Waals surface area contributed by atoms with Gasteiger partial charge in [-0.25, -0.2) is 0 Å². The van der Waals surface area contributed by atoms with E-state index in [4.69, 9.17) is 0 Å². The molecule has 0 saturated heterocycles. The highest BCUT2D eigenvalue weighted by atomic mass is 79.9. The van der Waals surface area contributed by atoms with Crippen molar-refractivity contribution in [1.29, 1.82) is 0 Å². The maximum absolute atomic E-state index is 11.7. The van der Waals surface area contributed by atoms with Gasteiger partial charge >= 0.3 is 0 Å². The van der Waals surface area contributed by atoms with Crippen LogP contribution in [0.4, 0.5) is 0 Å². The molecule has 98 valence electrons. The summed E-state index contributed by atoms with van der Waals surface area (Å²) in [5.74, 6) is 0.0807. The van der Waals surface area contributed by atoms with Gasteiger partial charge in [0.2, 0.25) is 5.91 Å². The molecule has 1 N–H and O–H groups in total. The van der Waals surface area contributed by atoms with Crippen LogP contribution < -0.4 is 5.32 Å². The van der Waals surface area contributed by atoms with Crippen LogP contribution in [0, 0.1) is 0 Å². The van der Waals surface area contributed by atoms with Crippen molar-refractivity contribution < 1.29 is 4.79 Å². The van der Waals surface area contributed by atoms with Crippen molar-refractivity contribution in [3.8, 4) is 0 Å². The van der Waals surface area contributed by atoms with E-state index < -0.39 is 0 Å². The minimum atomic E-state index is -0.119. The molecule has 0 bridgehead atoms. The molecule has 1 aromatic rings. The zero-order valence-electron chi connectivity index (χ0n) is 10.8. The fourth-order valence-corrected chi connectivity index (χ4v) is 2.97. The summed E-state index contributed by atoms with van der Waals surface area (Å²) in [6.45, 7) is 2.62. The Morgan fingerprint density at radius 1 is 1.33 bits per heavy atom. The topological polar surface area (TPSA) is 29.1 Å². The zero-order valence-corrected chi connectivity index (χ0v) is 12.4. The van der Waals surface area contributed by atoms with Crippen LogP contribution in [0.1, 0.15) is 38.2 Å². The molecular formula is C15H20BrNO. The molecule has 1 amide bonds. The lowest BCUT2D eigenvalue weighted by Crippen LogP contribution is -2.41. The Bertz CT molecular complexity index is 396. The molecule has 0 radical (unpaired) electrons. The molecule has 1 saturated carbocycles. The molecule has 0 aliphatic heterocycles. The van der Waals surface area contributed by atoms with Crippen LogP contribution in [0.3, 0.4) is 0 Å². The van der Waals surface area contributed by atoms with Gasteiger partial charge in [-0.1, -0.05) is 59.1 Å². The highest BCUT2D eigenvalue weighted by molar-refractivity contribution is 9.10. The second kappa shape index (κ2) is 5.87. The number of carbonyl (C=O) groups excluding carboxylic acids is 1. The molecule has 2 nitrogen and oxygen atoms in total. The first kappa shape index (κ1) is 13.6. The van der Waals surface area contributed by atoms with Crippen LogP contribution in [0.25, 0.3) is 0 Å². The van der Waals surface area contributed by atoms with E-state index in [-0.39, 0.29) is 16.1 Å². The van der Waals surface area contributed by atoms with E-state index >= 15 is 0 Å². The SMILES string of the molecule is C[C@H](Br)C(=O)NCC1(c2ccccc2)CCCC1. The van der Waals surface area contributed by atoms with Crippen LogP contribution in [0.5, 0.6) is 0 Å². The molecule has 1 fully saturated rings. The standard InChI is InChI=1S/C15H20BrNO/c1-12(16)14(18)17-11-15(9-5-6-10-15)13-7-3-2-4-8-13/h2-4,7-8,12H,5-6,9-11H2,1H3,(H,17,18)/t12-/m0/s1. The van der Waals surface area contributed by atoms with Crippen molar-refractivity contribution in [1.82, 2.24) is 5.32 Å². The molecule has 0 heterocycles. The van der Waals surface area contributed by atoms with Crippen LogP contribution in [-0.4, -0.2) is 17.3 Å². The summed E-state index contributed by atoms with van der Waals surface area (Å²) < 4.78 is 0. The Morgan fingerprint density at radius 2 is 1.94 bits per heavy atom. The minimum Gasteiger partial charge on any atom is -0.354 e. The van der Waals surface area contributed by atoms with Crippen molar-refractivity contribution >= 4 is 21.8 Å². The Morgan fingerprint density at radius 3 is 2.50 bits per heavy atom. The fraction of sp³-hybridized carbons (Fsp3) is 0.533. The third-order valence-electron chi connectivity index (χ3n) is 3.91. The smallest absolute Gasteiger partial charge is 0.233 e. The number of hydrogen-bond donors (Lipinski definition) is 1. The number of hydrogen-bond acceptors (Lipinski definition) is 1. The Kier molecular flexibility index (Phi) is 4.44. The van der Waals surface area contributed by atoms with Gasteiger partial charge in [-0.3, -0.25) is 4.79 Å². The first-order chi connectivity index (χ1) is 8.64. The number of alkyl halides is 1. The lowest BCUT2D eigenvalue weighted by atomic mass is 9.79. The van der Waals surface area contributed by atoms with Crippen LogP contribution in [-0.2, 0) is 10.2 Å². The van der Waals surface area contributed by atoms with Crippen molar-refractivity contribution in [2.75, 3.05) is 6.54 Å². The molecule has 0 aromatic heterocycles. The first-order valence-electron chi connectivity index (χ1n) is 6.61. The van der Waals surface area contributed by atoms with E-state index in [1.54, 1.807) is 0 Å². The van der Waals surface area contributed by atoms with E-state index in [9.17, 15) is 4.79 Å². The Labute approximate surface area is 117 Å². The lowest BCUT2D eigenvalue weighted by Gasteiger charge is -2.30. The van der Waals surface area contributed by atoms with Crippen molar-refractivity contribution in [3.05, 3.63) is 35.9 Å². The highest BCUT2D eigenvalue weighted by Gasteiger charge is 2.35. The number of amides is 1. The second-order valence-electron chi connectivity index (χ2n) is 5.19. The molecule has 0 unspecified atom stereocenters. The third-order valence-corrected chi connectivity index (χ3v) is 4.32. The summed E-state index contributed by atoms with van der Waals surface area (Å²) in [5, 5.41) is 3.08. The molecule has 3 heteroatoms. The molecule has 1 atom stereocenters. The van der Waals surface area contributed by atoms with Crippen LogP contribution in [0.2, 0.25) is 0 Å². The predicted octanol–water partition coefficient (Wildman–Crippen LogP) is 3.40. The molecule has 1 aliphatic rings. The van der Waals surface area contributed by atoms with Crippen molar-refractivity contribution in [2.45, 2.75) is 42.8 Å². The monoisotopic (exact) mass is 309 g/mol. The van der Waals surface area contributed by atoms with Gasteiger partial charge in [0.25, 0.3) is 0 Å². The summed E-state index contributed by atoms with van der Waals surface area (Å²) in [4.78, 5) is 11.6. The van der Waals surface area contributed by atoms with Gasteiger partial charge < -0.3 is 5.32 Å². The molecule has 1 aliphatic carbocycles. The summed E-state index contributed by atoms with van der Waals surface area (Å²) in [5.41, 5.74) is 1.52. The van der Waals surface area contributed by atoms with Gasteiger partial charge in [0.1, 0.15) is 0 Å². The molecule has 2 rings (SSSR count). The predicted molar refractivity (Wildman–Crippen MR) is 78.0 cm³/mol. The van der Waals surface area contributed by atoms with Gasteiger partial charge in [0, 0.05) is 12.0 Å². The van der Waals surface area contributed by atoms with E-state index in [1.807, 2.05) is 13.0 Å². The molecule has 1 aromatic carbocycles. The minimum absolute atomic E-state index is 0.0807. The maximum atomic E-state index is 11.7. The summed E-state index contributed by atoms with van der Waals surface area (Å²) in [6, 6.07) is 10.6. The largest absolute Gasteiger partial charge is 0.354 e. The summed E-state index contributed by atoms with van der Waals surface area (Å²) in [6.07, 6.45) is 4.87. The van der Waals surface area contributed by atoms with E-state index in [0.717, 1.165) is 6.54 Å². The third kappa shape index (κ3) is 2.94. The second-order valence-corrected chi connectivity index (χ2v) is 6.56. The number of benzene rings is 1. The quantitative estimate of drug-likeness (QED) is 0.849. The number of carbonyl (C=O) groups is 1. The molecular weight excluding hydrogens is 290 g/mol. The van der Waals surface area contributed by atoms with E-state index in [2.05, 4.69) is 45.5 Å². The zero-order chi connectivity index (χ0) is 13.0. The maximum Gasteiger partial charge on any atom is 0.233 e. The van der Waals surface area contributed by atoms with E-state index in [0.29, 0.717) is 0 Å². The van der Waals surface area contributed by atoms with Gasteiger partial charge in [-0.15, -0.1) is 0 Å². The number of halogens is 1. The number of rotatable bonds is 4. The summed E-state index contributed by atoms with van der Waals surface area (Å²) in [7, 11) is 0. The van der Waals surface area contributed by atoms with Gasteiger partial charge in [0.15, 0.2) is 0 Å². The van der Waals surface area contributed by atoms with Crippen LogP contribution >= 0.6 is 15.9 Å². The van der Waals surface area contributed by atoms with Gasteiger partial charge in [0.05, 0.1) is 4.83 Å². The highest BCUT2D eigenvalue weighted by Crippen LogP contribution is 2.40. The molecule has 18 heavy (non-hydrogen) atoms. The van der Waals surface area contributed by atoms with Crippen LogP contribution in [0.15, 0.2) is 30.3 Å². The average Bonchev–Trinajstić information content (AvgIpc) is 2.87. The number of nitrogens with one attached hydrogen (secondary N) is 1. The first-order valence-corrected chi connectivity index (χ1v) is 7.53. The normalized spacial score (nSPS) is 19.4. The van der Waals surface area contributed by atoms with Gasteiger partial charge in [-0.05, 0) is 25.3 Å². The Hall–Kier alpha value is -0.830. The summed E-state index contributed by atoms with van der Waals surface area (Å²) >= 11 is 3.31. The average molecular weight is 310 g/mol. The van der Waals surface area contributed by atoms with E-state index in [1.165, 1.54) is 31.2 Å².